The molecule has 3 rings (SSSR count). The molecule has 3 aromatic rings. The molecule has 1 atom stereocenters. The number of ether oxygens (including phenoxy) is 1. The molecule has 0 saturated carbocycles. The summed E-state index contributed by atoms with van der Waals surface area (Å²) in [7, 11) is 1.59. The quantitative estimate of drug-likeness (QED) is 0.710. The van der Waals surface area contributed by atoms with Crippen molar-refractivity contribution in [2.45, 2.75) is 6.04 Å². The van der Waals surface area contributed by atoms with Gasteiger partial charge in [-0.15, -0.1) is 0 Å². The van der Waals surface area contributed by atoms with Gasteiger partial charge in [0.05, 0.1) is 30.1 Å². The average Bonchev–Trinajstić information content (AvgIpc) is 3.12. The zero-order chi connectivity index (χ0) is 17.6. The number of benzene rings is 1. The SMILES string of the molecule is COC[C@@H](NC(=O)c1cn[nH]c1-c1cccc(Cl)c1)c1cccnc1. The maximum Gasteiger partial charge on any atom is 0.255 e. The largest absolute Gasteiger partial charge is 0.382 e. The molecule has 0 spiro atoms. The fourth-order valence-corrected chi connectivity index (χ4v) is 2.72. The Morgan fingerprint density at radius 1 is 1.32 bits per heavy atom. The highest BCUT2D eigenvalue weighted by molar-refractivity contribution is 6.30. The van der Waals surface area contributed by atoms with Crippen LogP contribution in [0.4, 0.5) is 0 Å². The number of halogens is 1. The molecule has 0 aliphatic heterocycles. The highest BCUT2D eigenvalue weighted by Crippen LogP contribution is 2.24. The van der Waals surface area contributed by atoms with Crippen molar-refractivity contribution in [3.63, 3.8) is 0 Å². The number of H-pyrrole nitrogens is 1. The number of nitrogens with one attached hydrogen (secondary N) is 2. The molecule has 128 valence electrons. The van der Waals surface area contributed by atoms with E-state index in [9.17, 15) is 4.79 Å². The molecule has 1 aromatic carbocycles. The van der Waals surface area contributed by atoms with Crippen LogP contribution in [-0.2, 0) is 4.74 Å². The molecule has 0 bridgehead atoms. The van der Waals surface area contributed by atoms with E-state index < -0.39 is 0 Å². The summed E-state index contributed by atoms with van der Waals surface area (Å²) in [6.07, 6.45) is 4.89. The second-order valence-corrected chi connectivity index (χ2v) is 5.87. The van der Waals surface area contributed by atoms with Crippen LogP contribution in [0.15, 0.2) is 55.0 Å². The number of carbonyl (C=O) groups is 1. The molecular weight excluding hydrogens is 340 g/mol. The number of hydrogen-bond donors (Lipinski definition) is 2. The minimum absolute atomic E-state index is 0.255. The summed E-state index contributed by atoms with van der Waals surface area (Å²) in [5, 5.41) is 10.4. The Morgan fingerprint density at radius 3 is 2.92 bits per heavy atom. The molecule has 7 heteroatoms. The van der Waals surface area contributed by atoms with Gasteiger partial charge in [0.25, 0.3) is 5.91 Å². The summed E-state index contributed by atoms with van der Waals surface area (Å²) in [5.41, 5.74) is 2.71. The normalized spacial score (nSPS) is 11.9. The molecular formula is C18H17ClN4O2. The minimum atomic E-state index is -0.312. The van der Waals surface area contributed by atoms with E-state index in [0.29, 0.717) is 22.9 Å². The summed E-state index contributed by atoms with van der Waals surface area (Å²) >= 11 is 6.04. The van der Waals surface area contributed by atoms with E-state index in [4.69, 9.17) is 16.3 Å². The predicted molar refractivity (Wildman–Crippen MR) is 95.4 cm³/mol. The first kappa shape index (κ1) is 17.1. The van der Waals surface area contributed by atoms with Crippen LogP contribution in [0.3, 0.4) is 0 Å². The van der Waals surface area contributed by atoms with Gasteiger partial charge < -0.3 is 10.1 Å². The number of hydrogen-bond acceptors (Lipinski definition) is 4. The molecule has 6 nitrogen and oxygen atoms in total. The van der Waals surface area contributed by atoms with E-state index >= 15 is 0 Å². The van der Waals surface area contributed by atoms with Crippen molar-refractivity contribution in [2.24, 2.45) is 0 Å². The van der Waals surface area contributed by atoms with Crippen LogP contribution in [-0.4, -0.2) is 34.8 Å². The highest BCUT2D eigenvalue weighted by Gasteiger charge is 2.20. The molecule has 0 aliphatic carbocycles. The zero-order valence-corrected chi connectivity index (χ0v) is 14.3. The highest BCUT2D eigenvalue weighted by atomic mass is 35.5. The van der Waals surface area contributed by atoms with Crippen LogP contribution in [0.2, 0.25) is 5.02 Å². The molecule has 0 unspecified atom stereocenters. The lowest BCUT2D eigenvalue weighted by Crippen LogP contribution is -2.31. The standard InChI is InChI=1S/C18H17ClN4O2/c1-25-11-16(13-5-3-7-20-9-13)22-18(24)15-10-21-23-17(15)12-4-2-6-14(19)8-12/h2-10,16H,11H2,1H3,(H,21,23)(H,22,24)/t16-/m1/s1. The van der Waals surface area contributed by atoms with Crippen molar-refractivity contribution in [2.75, 3.05) is 13.7 Å². The first-order valence-electron chi connectivity index (χ1n) is 7.68. The first-order chi connectivity index (χ1) is 12.2. The van der Waals surface area contributed by atoms with E-state index in [-0.39, 0.29) is 11.9 Å². The molecule has 0 saturated heterocycles. The second-order valence-electron chi connectivity index (χ2n) is 5.44. The maximum absolute atomic E-state index is 12.8. The lowest BCUT2D eigenvalue weighted by Gasteiger charge is -2.18. The molecule has 0 aliphatic rings. The summed E-state index contributed by atoms with van der Waals surface area (Å²) in [6, 6.07) is 10.6. The third-order valence-corrected chi connectivity index (χ3v) is 3.96. The maximum atomic E-state index is 12.8. The molecule has 2 heterocycles. The number of aromatic amines is 1. The number of nitrogens with zero attached hydrogens (tertiary/aromatic N) is 2. The lowest BCUT2D eigenvalue weighted by molar-refractivity contribution is 0.0897. The molecule has 0 radical (unpaired) electrons. The fourth-order valence-electron chi connectivity index (χ4n) is 2.53. The Balaban J connectivity index is 1.85. The van der Waals surface area contributed by atoms with Crippen molar-refractivity contribution in [3.8, 4) is 11.3 Å². The van der Waals surface area contributed by atoms with Gasteiger partial charge in [0.1, 0.15) is 0 Å². The van der Waals surface area contributed by atoms with Crippen molar-refractivity contribution >= 4 is 17.5 Å². The summed E-state index contributed by atoms with van der Waals surface area (Å²) in [6.45, 7) is 0.335. The van der Waals surface area contributed by atoms with E-state index in [0.717, 1.165) is 11.1 Å². The molecule has 1 amide bonds. The Morgan fingerprint density at radius 2 is 2.20 bits per heavy atom. The van der Waals surface area contributed by atoms with Crippen LogP contribution in [0.25, 0.3) is 11.3 Å². The topological polar surface area (TPSA) is 79.9 Å². The monoisotopic (exact) mass is 356 g/mol. The summed E-state index contributed by atoms with van der Waals surface area (Å²) in [5.74, 6) is -0.255. The average molecular weight is 357 g/mol. The van der Waals surface area contributed by atoms with Crippen molar-refractivity contribution in [1.82, 2.24) is 20.5 Å². The molecule has 2 N–H and O–H groups in total. The van der Waals surface area contributed by atoms with Gasteiger partial charge in [-0.1, -0.05) is 29.8 Å². The minimum Gasteiger partial charge on any atom is -0.382 e. The number of pyridine rings is 1. The third-order valence-electron chi connectivity index (χ3n) is 3.72. The molecule has 25 heavy (non-hydrogen) atoms. The predicted octanol–water partition coefficient (Wildman–Crippen LogP) is 3.24. The van der Waals surface area contributed by atoms with Gasteiger partial charge >= 0.3 is 0 Å². The van der Waals surface area contributed by atoms with Crippen LogP contribution in [0.1, 0.15) is 22.0 Å². The van der Waals surface area contributed by atoms with Crippen molar-refractivity contribution in [1.29, 1.82) is 0 Å². The van der Waals surface area contributed by atoms with E-state index in [1.54, 1.807) is 31.6 Å². The lowest BCUT2D eigenvalue weighted by atomic mass is 10.1. The fraction of sp³-hybridized carbons (Fsp3) is 0.167. The number of aromatic nitrogens is 3. The van der Waals surface area contributed by atoms with Crippen LogP contribution in [0.5, 0.6) is 0 Å². The van der Waals surface area contributed by atoms with E-state index in [1.165, 1.54) is 6.20 Å². The smallest absolute Gasteiger partial charge is 0.255 e. The van der Waals surface area contributed by atoms with Gasteiger partial charge in [-0.3, -0.25) is 14.9 Å². The number of amides is 1. The summed E-state index contributed by atoms with van der Waals surface area (Å²) in [4.78, 5) is 16.9. The number of methoxy groups -OCH3 is 1. The zero-order valence-electron chi connectivity index (χ0n) is 13.6. The van der Waals surface area contributed by atoms with E-state index in [1.807, 2.05) is 24.3 Å². The number of carbonyl (C=O) groups excluding carboxylic acids is 1. The van der Waals surface area contributed by atoms with Crippen LogP contribution >= 0.6 is 11.6 Å². The van der Waals surface area contributed by atoms with Gasteiger partial charge in [0, 0.05) is 30.1 Å². The van der Waals surface area contributed by atoms with Crippen molar-refractivity contribution in [3.05, 3.63) is 71.1 Å². The van der Waals surface area contributed by atoms with Crippen LogP contribution in [0, 0.1) is 0 Å². The Bertz CT molecular complexity index is 851. The van der Waals surface area contributed by atoms with Crippen LogP contribution < -0.4 is 5.32 Å². The van der Waals surface area contributed by atoms with Crippen molar-refractivity contribution < 1.29 is 9.53 Å². The number of rotatable bonds is 6. The molecule has 0 fully saturated rings. The third kappa shape index (κ3) is 4.04. The Hall–Kier alpha value is -2.70. The first-order valence-corrected chi connectivity index (χ1v) is 8.06. The van der Waals surface area contributed by atoms with Gasteiger partial charge in [-0.25, -0.2) is 0 Å². The van der Waals surface area contributed by atoms with Gasteiger partial charge in [0.15, 0.2) is 0 Å². The van der Waals surface area contributed by atoms with E-state index in [2.05, 4.69) is 20.5 Å². The second kappa shape index (κ2) is 7.92. The Kier molecular flexibility index (Phi) is 5.42. The Labute approximate surface area is 150 Å². The van der Waals surface area contributed by atoms with Gasteiger partial charge in [0.2, 0.25) is 0 Å². The van der Waals surface area contributed by atoms with Gasteiger partial charge in [-0.2, -0.15) is 5.10 Å². The summed E-state index contributed by atoms with van der Waals surface area (Å²) < 4.78 is 5.22. The van der Waals surface area contributed by atoms with Gasteiger partial charge in [-0.05, 0) is 23.8 Å². The molecule has 2 aromatic heterocycles.